The molecule has 0 aliphatic rings. The SMILES string of the molecule is C=C(C)C(O)c1c(O)c(C(=O)C(C)CC)c(O)c2c1oc1c(C(=O)C(C)CC)c(O)c(CC=C(C)C)c(O)c12. The van der Waals surface area contributed by atoms with Crippen molar-refractivity contribution in [2.24, 2.45) is 11.8 Å². The minimum Gasteiger partial charge on any atom is -0.507 e. The summed E-state index contributed by atoms with van der Waals surface area (Å²) in [6.07, 6.45) is 1.21. The molecule has 2 aromatic carbocycles. The lowest BCUT2D eigenvalue weighted by Crippen LogP contribution is -2.12. The second-order valence-corrected chi connectivity index (χ2v) is 10.6. The summed E-state index contributed by atoms with van der Waals surface area (Å²) in [6, 6.07) is 0. The van der Waals surface area contributed by atoms with Crippen LogP contribution in [0.5, 0.6) is 23.0 Å². The van der Waals surface area contributed by atoms with Gasteiger partial charge in [-0.3, -0.25) is 9.59 Å². The smallest absolute Gasteiger partial charge is 0.173 e. The van der Waals surface area contributed by atoms with Crippen LogP contribution in [0.1, 0.15) is 99.3 Å². The van der Waals surface area contributed by atoms with Crippen molar-refractivity contribution in [3.63, 3.8) is 0 Å². The number of allylic oxidation sites excluding steroid dienone is 2. The molecule has 1 heterocycles. The van der Waals surface area contributed by atoms with Gasteiger partial charge in [0.05, 0.1) is 16.3 Å². The number of carbonyl (C=O) groups excluding carboxylic acids is 2. The monoisotopic (exact) mass is 538 g/mol. The number of phenols is 4. The van der Waals surface area contributed by atoms with Gasteiger partial charge in [-0.05, 0) is 45.6 Å². The number of ketones is 2. The van der Waals surface area contributed by atoms with Crippen LogP contribution in [0.2, 0.25) is 0 Å². The van der Waals surface area contributed by atoms with Crippen molar-refractivity contribution in [1.29, 1.82) is 0 Å². The van der Waals surface area contributed by atoms with Crippen LogP contribution >= 0.6 is 0 Å². The number of hydrogen-bond acceptors (Lipinski definition) is 8. The van der Waals surface area contributed by atoms with Crippen molar-refractivity contribution < 1.29 is 39.5 Å². The highest BCUT2D eigenvalue weighted by atomic mass is 16.3. The lowest BCUT2D eigenvalue weighted by atomic mass is 9.88. The van der Waals surface area contributed by atoms with Gasteiger partial charge in [-0.15, -0.1) is 0 Å². The van der Waals surface area contributed by atoms with Gasteiger partial charge in [0.25, 0.3) is 0 Å². The first-order valence-corrected chi connectivity index (χ1v) is 13.2. The Morgan fingerprint density at radius 3 is 1.82 bits per heavy atom. The Morgan fingerprint density at radius 2 is 1.33 bits per heavy atom. The number of carbonyl (C=O) groups is 2. The standard InChI is InChI=1S/C31H38O8/c1-9-15(7)24(33)20-28(37)19-18-26(35)17(12-11-13(3)4)27(36)22(25(34)16(8)10-2)30(18)39-31(19)21(29(20)38)23(32)14(5)6/h11,15-16,23,32,35-38H,5,9-10,12H2,1-4,6-8H3. The Bertz CT molecular complexity index is 1520. The van der Waals surface area contributed by atoms with Crippen molar-refractivity contribution in [3.8, 4) is 23.0 Å². The van der Waals surface area contributed by atoms with Crippen LogP contribution in [-0.2, 0) is 6.42 Å². The van der Waals surface area contributed by atoms with Gasteiger partial charge < -0.3 is 29.9 Å². The van der Waals surface area contributed by atoms with Crippen molar-refractivity contribution in [2.45, 2.75) is 73.8 Å². The van der Waals surface area contributed by atoms with Gasteiger partial charge in [0.2, 0.25) is 0 Å². The molecule has 39 heavy (non-hydrogen) atoms. The zero-order valence-electron chi connectivity index (χ0n) is 23.6. The third kappa shape index (κ3) is 4.89. The molecule has 3 rings (SSSR count). The Hall–Kier alpha value is -3.78. The van der Waals surface area contributed by atoms with E-state index in [0.29, 0.717) is 12.8 Å². The van der Waals surface area contributed by atoms with E-state index in [9.17, 15) is 35.1 Å². The number of aromatic hydroxyl groups is 4. The fraction of sp³-hybridized carbons (Fsp3) is 0.419. The molecule has 0 saturated heterocycles. The van der Waals surface area contributed by atoms with Gasteiger partial charge in [0.15, 0.2) is 17.1 Å². The number of aliphatic hydroxyl groups is 1. The molecule has 3 aromatic rings. The normalized spacial score (nSPS) is 13.8. The molecule has 8 heteroatoms. The average molecular weight is 539 g/mol. The second kappa shape index (κ2) is 11.1. The Balaban J connectivity index is 2.71. The van der Waals surface area contributed by atoms with Gasteiger partial charge in [-0.1, -0.05) is 45.9 Å². The quantitative estimate of drug-likeness (QED) is 0.137. The van der Waals surface area contributed by atoms with Crippen LogP contribution in [0.15, 0.2) is 28.2 Å². The molecule has 0 aliphatic heterocycles. The van der Waals surface area contributed by atoms with Gasteiger partial charge >= 0.3 is 0 Å². The summed E-state index contributed by atoms with van der Waals surface area (Å²) in [5.41, 5.74) is -0.133. The van der Waals surface area contributed by atoms with Crippen LogP contribution in [0.25, 0.3) is 21.9 Å². The molecule has 3 unspecified atom stereocenters. The molecule has 0 aliphatic carbocycles. The Labute approximate surface area is 227 Å². The van der Waals surface area contributed by atoms with E-state index in [2.05, 4.69) is 6.58 Å². The molecule has 0 spiro atoms. The number of hydrogen-bond donors (Lipinski definition) is 5. The third-order valence-corrected chi connectivity index (χ3v) is 7.46. The highest BCUT2D eigenvalue weighted by molar-refractivity contribution is 6.23. The van der Waals surface area contributed by atoms with E-state index in [1.807, 2.05) is 20.8 Å². The van der Waals surface area contributed by atoms with E-state index >= 15 is 0 Å². The highest BCUT2D eigenvalue weighted by Gasteiger charge is 2.36. The molecule has 210 valence electrons. The minimum absolute atomic E-state index is 0.0438. The first-order chi connectivity index (χ1) is 18.2. The minimum atomic E-state index is -1.51. The molecule has 8 nitrogen and oxygen atoms in total. The van der Waals surface area contributed by atoms with E-state index in [4.69, 9.17) is 4.42 Å². The van der Waals surface area contributed by atoms with Crippen LogP contribution in [0, 0.1) is 11.8 Å². The maximum Gasteiger partial charge on any atom is 0.173 e. The van der Waals surface area contributed by atoms with E-state index in [0.717, 1.165) is 5.57 Å². The predicted molar refractivity (Wildman–Crippen MR) is 151 cm³/mol. The summed E-state index contributed by atoms with van der Waals surface area (Å²) in [4.78, 5) is 26.9. The summed E-state index contributed by atoms with van der Waals surface area (Å²) in [6.45, 7) is 15.9. The summed E-state index contributed by atoms with van der Waals surface area (Å²) in [5.74, 6) is -4.35. The molecule has 0 bridgehead atoms. The number of aliphatic hydroxyl groups excluding tert-OH is 1. The summed E-state index contributed by atoms with van der Waals surface area (Å²) in [7, 11) is 0. The van der Waals surface area contributed by atoms with Crippen molar-refractivity contribution in [1.82, 2.24) is 0 Å². The molecule has 0 fully saturated rings. The molecule has 0 amide bonds. The van der Waals surface area contributed by atoms with E-state index < -0.39 is 58.1 Å². The Morgan fingerprint density at radius 1 is 0.821 bits per heavy atom. The molecule has 5 N–H and O–H groups in total. The number of phenolic OH excluding ortho intramolecular Hbond substituents is 4. The van der Waals surface area contributed by atoms with Gasteiger partial charge in [0.1, 0.15) is 45.8 Å². The fourth-order valence-electron chi connectivity index (χ4n) is 4.57. The van der Waals surface area contributed by atoms with Crippen molar-refractivity contribution in [2.75, 3.05) is 0 Å². The third-order valence-electron chi connectivity index (χ3n) is 7.46. The van der Waals surface area contributed by atoms with Crippen LogP contribution in [-0.4, -0.2) is 37.1 Å². The lowest BCUT2D eigenvalue weighted by Gasteiger charge is -2.18. The number of rotatable bonds is 10. The molecular formula is C31H38O8. The predicted octanol–water partition coefficient (Wildman–Crippen LogP) is 6.98. The van der Waals surface area contributed by atoms with E-state index in [1.165, 1.54) is 6.92 Å². The molecule has 0 radical (unpaired) electrons. The summed E-state index contributed by atoms with van der Waals surface area (Å²) >= 11 is 0. The zero-order chi connectivity index (χ0) is 29.5. The van der Waals surface area contributed by atoms with Crippen molar-refractivity contribution >= 4 is 33.5 Å². The molecule has 1 aromatic heterocycles. The summed E-state index contributed by atoms with van der Waals surface area (Å²) in [5, 5.41) is 56.2. The highest BCUT2D eigenvalue weighted by Crippen LogP contribution is 2.53. The second-order valence-electron chi connectivity index (χ2n) is 10.6. The molecule has 3 atom stereocenters. The summed E-state index contributed by atoms with van der Waals surface area (Å²) < 4.78 is 6.04. The first kappa shape index (κ1) is 29.8. The largest absolute Gasteiger partial charge is 0.507 e. The maximum absolute atomic E-state index is 13.5. The average Bonchev–Trinajstić information content (AvgIpc) is 3.27. The van der Waals surface area contributed by atoms with Crippen LogP contribution in [0.3, 0.4) is 0 Å². The van der Waals surface area contributed by atoms with Gasteiger partial charge in [-0.2, -0.15) is 0 Å². The number of fused-ring (bicyclic) bond motifs is 3. The number of furan rings is 1. The Kier molecular flexibility index (Phi) is 8.50. The lowest BCUT2D eigenvalue weighted by molar-refractivity contribution is 0.0915. The van der Waals surface area contributed by atoms with Crippen LogP contribution < -0.4 is 0 Å². The molecular weight excluding hydrogens is 500 g/mol. The fourth-order valence-corrected chi connectivity index (χ4v) is 4.57. The van der Waals surface area contributed by atoms with E-state index in [1.54, 1.807) is 26.8 Å². The van der Waals surface area contributed by atoms with E-state index in [-0.39, 0.29) is 50.6 Å². The zero-order valence-corrected chi connectivity index (χ0v) is 23.6. The van der Waals surface area contributed by atoms with Crippen molar-refractivity contribution in [3.05, 3.63) is 46.1 Å². The first-order valence-electron chi connectivity index (χ1n) is 13.2. The number of benzene rings is 2. The number of Topliss-reactive ketones (excluding diaryl/α,β-unsaturated/α-hetero) is 2. The maximum atomic E-state index is 13.5. The van der Waals surface area contributed by atoms with Gasteiger partial charge in [0, 0.05) is 17.4 Å². The van der Waals surface area contributed by atoms with Gasteiger partial charge in [-0.25, -0.2) is 0 Å². The molecule has 0 saturated carbocycles. The van der Waals surface area contributed by atoms with Crippen LogP contribution in [0.4, 0.5) is 0 Å². The topological polar surface area (TPSA) is 148 Å².